The topological polar surface area (TPSA) is 84.5 Å². The van der Waals surface area contributed by atoms with E-state index in [0.717, 1.165) is 5.56 Å². The van der Waals surface area contributed by atoms with E-state index in [-0.39, 0.29) is 17.2 Å². The van der Waals surface area contributed by atoms with Crippen molar-refractivity contribution in [1.29, 1.82) is 0 Å². The Morgan fingerprint density at radius 1 is 1.00 bits per heavy atom. The quantitative estimate of drug-likeness (QED) is 0.683. The number of rotatable bonds is 5. The summed E-state index contributed by atoms with van der Waals surface area (Å²) in [6.07, 6.45) is 0.172. The van der Waals surface area contributed by atoms with E-state index in [0.29, 0.717) is 28.4 Å². The number of nitrogens with one attached hydrogen (secondary N) is 2. The highest BCUT2D eigenvalue weighted by molar-refractivity contribution is 7.92. The van der Waals surface area contributed by atoms with Gasteiger partial charge in [-0.05, 0) is 60.5 Å². The fraction of sp³-hybridized carbons (Fsp3) is 0.0952. The first-order valence-electron chi connectivity index (χ1n) is 8.70. The smallest absolute Gasteiger partial charge is 0.262 e. The van der Waals surface area contributed by atoms with E-state index in [1.165, 1.54) is 12.1 Å². The van der Waals surface area contributed by atoms with Gasteiger partial charge < -0.3 is 10.1 Å². The van der Waals surface area contributed by atoms with Crippen LogP contribution in [0.15, 0.2) is 71.6 Å². The molecule has 0 atom stereocenters. The number of carbonyl (C=O) groups excluding carboxylic acids is 1. The van der Waals surface area contributed by atoms with E-state index < -0.39 is 10.0 Å². The number of para-hydroxylation sites is 2. The van der Waals surface area contributed by atoms with E-state index in [9.17, 15) is 13.2 Å². The zero-order valence-corrected chi connectivity index (χ0v) is 15.9. The van der Waals surface area contributed by atoms with Crippen molar-refractivity contribution in [3.63, 3.8) is 0 Å². The van der Waals surface area contributed by atoms with Crippen molar-refractivity contribution in [2.24, 2.45) is 0 Å². The molecule has 142 valence electrons. The number of hydrogen-bond acceptors (Lipinski definition) is 4. The summed E-state index contributed by atoms with van der Waals surface area (Å²) in [5.74, 6) is 0.873. The molecule has 0 saturated carbocycles. The molecule has 1 amide bonds. The second kappa shape index (κ2) is 7.01. The maximum Gasteiger partial charge on any atom is 0.262 e. The minimum absolute atomic E-state index is 0.0908. The van der Waals surface area contributed by atoms with Crippen molar-refractivity contribution in [2.75, 3.05) is 10.0 Å². The number of anilines is 2. The molecule has 0 unspecified atom stereocenters. The van der Waals surface area contributed by atoms with Crippen LogP contribution in [0.25, 0.3) is 0 Å². The third-order valence-corrected chi connectivity index (χ3v) is 5.72. The second-order valence-corrected chi connectivity index (χ2v) is 8.25. The molecule has 1 heterocycles. The standard InChI is InChI=1S/C21H18N2O4S/c1-14-5-4-6-16(11-14)27-20-8-3-2-7-19(20)23-28(25,26)17-9-10-18-15(12-17)13-21(24)22-18/h2-12,23H,13H2,1H3,(H,22,24). The van der Waals surface area contributed by atoms with Crippen LogP contribution in [0.3, 0.4) is 0 Å². The molecule has 3 aromatic carbocycles. The molecule has 0 bridgehead atoms. The van der Waals surface area contributed by atoms with Crippen molar-refractivity contribution >= 4 is 27.3 Å². The van der Waals surface area contributed by atoms with Crippen LogP contribution < -0.4 is 14.8 Å². The van der Waals surface area contributed by atoms with Gasteiger partial charge in [0.25, 0.3) is 10.0 Å². The Balaban J connectivity index is 1.62. The Morgan fingerprint density at radius 3 is 2.64 bits per heavy atom. The van der Waals surface area contributed by atoms with Crippen LogP contribution in [0, 0.1) is 6.92 Å². The van der Waals surface area contributed by atoms with Gasteiger partial charge >= 0.3 is 0 Å². The Morgan fingerprint density at radius 2 is 1.82 bits per heavy atom. The van der Waals surface area contributed by atoms with Gasteiger partial charge in [-0.25, -0.2) is 8.42 Å². The zero-order valence-electron chi connectivity index (χ0n) is 15.1. The van der Waals surface area contributed by atoms with Crippen molar-refractivity contribution in [3.05, 3.63) is 77.9 Å². The van der Waals surface area contributed by atoms with Gasteiger partial charge in [-0.15, -0.1) is 0 Å². The van der Waals surface area contributed by atoms with Crippen molar-refractivity contribution in [1.82, 2.24) is 0 Å². The van der Waals surface area contributed by atoms with Crippen LogP contribution in [-0.2, 0) is 21.2 Å². The van der Waals surface area contributed by atoms with E-state index in [4.69, 9.17) is 4.74 Å². The van der Waals surface area contributed by atoms with Crippen LogP contribution in [0.1, 0.15) is 11.1 Å². The Bertz CT molecular complexity index is 1170. The first kappa shape index (κ1) is 18.1. The summed E-state index contributed by atoms with van der Waals surface area (Å²) >= 11 is 0. The van der Waals surface area contributed by atoms with Crippen LogP contribution in [0.2, 0.25) is 0 Å². The Labute approximate surface area is 163 Å². The number of ether oxygens (including phenoxy) is 1. The molecular weight excluding hydrogens is 376 g/mol. The van der Waals surface area contributed by atoms with Gasteiger partial charge in [-0.2, -0.15) is 0 Å². The van der Waals surface area contributed by atoms with E-state index in [2.05, 4.69) is 10.0 Å². The SMILES string of the molecule is Cc1cccc(Oc2ccccc2NS(=O)(=O)c2ccc3c(c2)CC(=O)N3)c1. The monoisotopic (exact) mass is 394 g/mol. The molecule has 0 radical (unpaired) electrons. The zero-order chi connectivity index (χ0) is 19.7. The lowest BCUT2D eigenvalue weighted by atomic mass is 10.2. The summed E-state index contributed by atoms with van der Waals surface area (Å²) in [6, 6.07) is 18.9. The molecule has 0 fully saturated rings. The molecule has 6 nitrogen and oxygen atoms in total. The second-order valence-electron chi connectivity index (χ2n) is 6.56. The van der Waals surface area contributed by atoms with Gasteiger partial charge in [0.1, 0.15) is 5.75 Å². The summed E-state index contributed by atoms with van der Waals surface area (Å²) in [5, 5.41) is 2.69. The van der Waals surface area contributed by atoms with E-state index >= 15 is 0 Å². The number of aryl methyl sites for hydroxylation is 1. The lowest BCUT2D eigenvalue weighted by Crippen LogP contribution is -2.13. The molecule has 7 heteroatoms. The molecule has 1 aliphatic heterocycles. The lowest BCUT2D eigenvalue weighted by molar-refractivity contribution is -0.115. The van der Waals surface area contributed by atoms with Gasteiger partial charge in [0.2, 0.25) is 5.91 Å². The maximum atomic E-state index is 12.9. The summed E-state index contributed by atoms with van der Waals surface area (Å²) in [7, 11) is -3.84. The minimum atomic E-state index is -3.84. The average molecular weight is 394 g/mol. The first-order valence-corrected chi connectivity index (χ1v) is 10.2. The van der Waals surface area contributed by atoms with Crippen molar-refractivity contribution < 1.29 is 17.9 Å². The van der Waals surface area contributed by atoms with Crippen LogP contribution >= 0.6 is 0 Å². The van der Waals surface area contributed by atoms with Gasteiger partial charge in [0, 0.05) is 5.69 Å². The number of sulfonamides is 1. The summed E-state index contributed by atoms with van der Waals surface area (Å²) in [4.78, 5) is 11.6. The highest BCUT2D eigenvalue weighted by Crippen LogP contribution is 2.32. The van der Waals surface area contributed by atoms with Gasteiger partial charge in [-0.3, -0.25) is 9.52 Å². The molecule has 28 heavy (non-hydrogen) atoms. The molecular formula is C21H18N2O4S. The van der Waals surface area contributed by atoms with E-state index in [1.807, 2.05) is 31.2 Å². The van der Waals surface area contributed by atoms with Crippen LogP contribution in [0.4, 0.5) is 11.4 Å². The number of fused-ring (bicyclic) bond motifs is 1. The number of amides is 1. The Kier molecular flexibility index (Phi) is 4.52. The predicted molar refractivity (Wildman–Crippen MR) is 107 cm³/mol. The molecule has 0 aliphatic carbocycles. The summed E-state index contributed by atoms with van der Waals surface area (Å²) < 4.78 is 34.2. The first-order chi connectivity index (χ1) is 13.4. The molecule has 2 N–H and O–H groups in total. The number of benzene rings is 3. The average Bonchev–Trinajstić information content (AvgIpc) is 3.02. The maximum absolute atomic E-state index is 12.9. The van der Waals surface area contributed by atoms with Gasteiger partial charge in [-0.1, -0.05) is 24.3 Å². The molecule has 4 rings (SSSR count). The third kappa shape index (κ3) is 3.70. The molecule has 0 aromatic heterocycles. The largest absolute Gasteiger partial charge is 0.455 e. The normalized spacial score (nSPS) is 13.0. The highest BCUT2D eigenvalue weighted by atomic mass is 32.2. The van der Waals surface area contributed by atoms with Crippen molar-refractivity contribution in [2.45, 2.75) is 18.2 Å². The summed E-state index contributed by atoms with van der Waals surface area (Å²) in [6.45, 7) is 1.95. The van der Waals surface area contributed by atoms with Crippen molar-refractivity contribution in [3.8, 4) is 11.5 Å². The predicted octanol–water partition coefficient (Wildman–Crippen LogP) is 4.08. The summed E-state index contributed by atoms with van der Waals surface area (Å²) in [5.41, 5.74) is 2.68. The fourth-order valence-electron chi connectivity index (χ4n) is 3.02. The third-order valence-electron chi connectivity index (χ3n) is 4.36. The highest BCUT2D eigenvalue weighted by Gasteiger charge is 2.22. The van der Waals surface area contributed by atoms with E-state index in [1.54, 1.807) is 30.3 Å². The molecule has 1 aliphatic rings. The molecule has 0 saturated heterocycles. The fourth-order valence-corrected chi connectivity index (χ4v) is 4.14. The van der Waals surface area contributed by atoms with Gasteiger partial charge in [0.05, 0.1) is 17.0 Å². The Hall–Kier alpha value is -3.32. The minimum Gasteiger partial charge on any atom is -0.455 e. The van der Waals surface area contributed by atoms with Crippen LogP contribution in [0.5, 0.6) is 11.5 Å². The number of carbonyl (C=O) groups is 1. The lowest BCUT2D eigenvalue weighted by Gasteiger charge is -2.14. The molecule has 3 aromatic rings. The van der Waals surface area contributed by atoms with Crippen LogP contribution in [-0.4, -0.2) is 14.3 Å². The molecule has 0 spiro atoms. The number of hydrogen-bond donors (Lipinski definition) is 2. The van der Waals surface area contributed by atoms with Gasteiger partial charge in [0.15, 0.2) is 5.75 Å².